The Kier molecular flexibility index (Phi) is 5.26. The summed E-state index contributed by atoms with van der Waals surface area (Å²) in [6, 6.07) is 14.3. The first kappa shape index (κ1) is 21.2. The molecule has 4 aromatic rings. The minimum atomic E-state index is -0.789. The Morgan fingerprint density at radius 2 is 1.75 bits per heavy atom. The van der Waals surface area contributed by atoms with Crippen LogP contribution in [0.3, 0.4) is 0 Å². The summed E-state index contributed by atoms with van der Waals surface area (Å²) in [6.45, 7) is 5.30. The summed E-state index contributed by atoms with van der Waals surface area (Å²) in [5.74, 6) is -0.0866. The highest BCUT2D eigenvalue weighted by Crippen LogP contribution is 2.47. The lowest BCUT2D eigenvalue weighted by Gasteiger charge is -2.19. The lowest BCUT2D eigenvalue weighted by atomic mass is 9.85. The molecule has 7 nitrogen and oxygen atoms in total. The number of benzene rings is 2. The van der Waals surface area contributed by atoms with Gasteiger partial charge in [0.15, 0.2) is 23.7 Å². The van der Waals surface area contributed by atoms with Crippen molar-refractivity contribution in [3.05, 3.63) is 66.7 Å². The van der Waals surface area contributed by atoms with E-state index in [1.54, 1.807) is 51.2 Å². The summed E-state index contributed by atoms with van der Waals surface area (Å²) in [6.07, 6.45) is 2.96. The quantitative estimate of drug-likeness (QED) is 0.407. The van der Waals surface area contributed by atoms with Gasteiger partial charge in [-0.25, -0.2) is 4.98 Å². The van der Waals surface area contributed by atoms with Crippen LogP contribution in [0.25, 0.3) is 28.3 Å². The van der Waals surface area contributed by atoms with Crippen LogP contribution in [0, 0.1) is 5.41 Å². The molecule has 0 bridgehead atoms. The number of hydrogen-bond acceptors (Lipinski definition) is 6. The lowest BCUT2D eigenvalue weighted by molar-refractivity contribution is 0.0856. The molecule has 0 aliphatic rings. The molecule has 2 N–H and O–H groups in total. The van der Waals surface area contributed by atoms with E-state index in [-0.39, 0.29) is 11.3 Å². The van der Waals surface area contributed by atoms with Crippen molar-refractivity contribution < 1.29 is 24.2 Å². The first-order valence-electron chi connectivity index (χ1n) is 10.1. The van der Waals surface area contributed by atoms with Gasteiger partial charge in [0.1, 0.15) is 5.75 Å². The number of aromatic nitrogens is 2. The fraction of sp³-hybridized carbons (Fsp3) is 0.200. The second-order valence-electron chi connectivity index (χ2n) is 8.42. The molecule has 2 aromatic heterocycles. The molecule has 0 spiro atoms. The Hall–Kier alpha value is -4.00. The number of ketones is 1. The van der Waals surface area contributed by atoms with Crippen LogP contribution < -0.4 is 4.74 Å². The number of Topliss-reactive ketones (excluding diaryl/α,β-unsaturated/α-hetero) is 1. The van der Waals surface area contributed by atoms with E-state index >= 15 is 0 Å². The van der Waals surface area contributed by atoms with Gasteiger partial charge in [-0.2, -0.15) is 0 Å². The second-order valence-corrected chi connectivity index (χ2v) is 8.42. The number of ether oxygens (including phenoxy) is 1. The van der Waals surface area contributed by atoms with Crippen LogP contribution in [0.4, 0.5) is 0 Å². The van der Waals surface area contributed by atoms with Gasteiger partial charge < -0.3 is 19.4 Å². The Balaban J connectivity index is 2.00. The molecule has 0 fully saturated rings. The van der Waals surface area contributed by atoms with Crippen molar-refractivity contribution in [1.82, 2.24) is 9.55 Å². The maximum Gasteiger partial charge on any atom is 0.240 e. The third-order valence-electron chi connectivity index (χ3n) is 5.23. The zero-order chi connectivity index (χ0) is 23.0. The number of aromatic hydroxyl groups is 2. The third kappa shape index (κ3) is 3.51. The average Bonchev–Trinajstić information content (AvgIpc) is 3.40. The third-order valence-corrected chi connectivity index (χ3v) is 5.23. The predicted octanol–water partition coefficient (Wildman–Crippen LogP) is 5.45. The van der Waals surface area contributed by atoms with E-state index in [2.05, 4.69) is 4.98 Å². The number of para-hydroxylation sites is 1. The van der Waals surface area contributed by atoms with Gasteiger partial charge in [-0.15, -0.1) is 0 Å². The number of hydrogen-bond donors (Lipinski definition) is 2. The van der Waals surface area contributed by atoms with E-state index in [9.17, 15) is 15.0 Å². The van der Waals surface area contributed by atoms with Crippen LogP contribution in [0.2, 0.25) is 0 Å². The minimum absolute atomic E-state index is 0.0406. The number of carbonyl (C=O) groups excluding carboxylic acids is 1. The zero-order valence-electron chi connectivity index (χ0n) is 18.3. The van der Waals surface area contributed by atoms with Crippen molar-refractivity contribution in [2.24, 2.45) is 5.41 Å². The first-order valence-corrected chi connectivity index (χ1v) is 10.1. The van der Waals surface area contributed by atoms with Crippen molar-refractivity contribution >= 4 is 5.78 Å². The maximum absolute atomic E-state index is 13.3. The number of nitrogens with zero attached hydrogens (tertiary/aromatic N) is 2. The Morgan fingerprint density at radius 1 is 1.06 bits per heavy atom. The smallest absolute Gasteiger partial charge is 0.240 e. The Morgan fingerprint density at radius 3 is 2.34 bits per heavy atom. The average molecular weight is 432 g/mol. The topological polar surface area (TPSA) is 97.7 Å². The molecule has 0 amide bonds. The fourth-order valence-corrected chi connectivity index (χ4v) is 3.62. The van der Waals surface area contributed by atoms with Gasteiger partial charge in [0.25, 0.3) is 0 Å². The van der Waals surface area contributed by atoms with E-state index in [0.717, 1.165) is 5.56 Å². The van der Waals surface area contributed by atoms with Gasteiger partial charge >= 0.3 is 0 Å². The molecular weight excluding hydrogens is 408 g/mol. The molecule has 4 rings (SSSR count). The molecule has 0 saturated heterocycles. The van der Waals surface area contributed by atoms with Crippen molar-refractivity contribution in [2.75, 3.05) is 7.11 Å². The highest BCUT2D eigenvalue weighted by atomic mass is 16.5. The molecule has 2 heterocycles. The van der Waals surface area contributed by atoms with Crippen LogP contribution in [0.5, 0.6) is 17.4 Å². The van der Waals surface area contributed by atoms with Crippen LogP contribution >= 0.6 is 0 Å². The van der Waals surface area contributed by atoms with Gasteiger partial charge in [0.2, 0.25) is 5.88 Å². The molecule has 0 radical (unpaired) electrons. The molecule has 0 aliphatic carbocycles. The zero-order valence-corrected chi connectivity index (χ0v) is 18.3. The van der Waals surface area contributed by atoms with Crippen LogP contribution in [0.15, 0.2) is 65.5 Å². The summed E-state index contributed by atoms with van der Waals surface area (Å²) in [5, 5.41) is 21.8. The molecule has 164 valence electrons. The Labute approximate surface area is 185 Å². The van der Waals surface area contributed by atoms with E-state index in [4.69, 9.17) is 9.15 Å². The number of oxazole rings is 1. The first-order chi connectivity index (χ1) is 15.2. The lowest BCUT2D eigenvalue weighted by Crippen LogP contribution is -2.21. The van der Waals surface area contributed by atoms with Gasteiger partial charge in [-0.3, -0.25) is 9.36 Å². The van der Waals surface area contributed by atoms with Crippen molar-refractivity contribution in [3.63, 3.8) is 0 Å². The molecule has 2 aromatic carbocycles. The maximum atomic E-state index is 13.3. The summed E-state index contributed by atoms with van der Waals surface area (Å²) < 4.78 is 12.3. The fourth-order valence-electron chi connectivity index (χ4n) is 3.62. The van der Waals surface area contributed by atoms with Gasteiger partial charge in [-0.05, 0) is 36.4 Å². The summed E-state index contributed by atoms with van der Waals surface area (Å²) in [4.78, 5) is 17.3. The number of methoxy groups -OCH3 is 1. The summed E-state index contributed by atoms with van der Waals surface area (Å²) >= 11 is 0. The van der Waals surface area contributed by atoms with Crippen molar-refractivity contribution in [1.29, 1.82) is 0 Å². The molecule has 0 aliphatic heterocycles. The Bertz CT molecular complexity index is 1260. The highest BCUT2D eigenvalue weighted by Gasteiger charge is 2.35. The van der Waals surface area contributed by atoms with E-state index < -0.39 is 17.0 Å². The number of rotatable bonds is 5. The monoisotopic (exact) mass is 432 g/mol. The van der Waals surface area contributed by atoms with Crippen molar-refractivity contribution in [3.8, 4) is 45.6 Å². The molecule has 0 atom stereocenters. The van der Waals surface area contributed by atoms with Crippen molar-refractivity contribution in [2.45, 2.75) is 20.8 Å². The summed E-state index contributed by atoms with van der Waals surface area (Å²) in [5.41, 5.74) is 1.52. The van der Waals surface area contributed by atoms with Crippen LogP contribution in [-0.4, -0.2) is 32.7 Å². The molecule has 0 unspecified atom stereocenters. The van der Waals surface area contributed by atoms with Crippen LogP contribution in [0.1, 0.15) is 31.1 Å². The molecule has 7 heteroatoms. The minimum Gasteiger partial charge on any atom is -0.503 e. The standard InChI is InChI=1S/C25H24N2O5/c1-25(2,3)23(29)20-21(17-7-5-6-8-18(17)31-4)27(24(30)22(20)28)16-11-9-15(10-12-16)19-13-26-14-32-19/h5-14,28,30H,1-4H3. The number of carbonyl (C=O) groups is 1. The second kappa shape index (κ2) is 7.92. The highest BCUT2D eigenvalue weighted by molar-refractivity contribution is 6.08. The van der Waals surface area contributed by atoms with Gasteiger partial charge in [-0.1, -0.05) is 32.9 Å². The SMILES string of the molecule is COc1ccccc1-c1c(C(=O)C(C)(C)C)c(O)c(O)n1-c1ccc(-c2cnco2)cc1. The summed E-state index contributed by atoms with van der Waals surface area (Å²) in [7, 11) is 1.53. The van der Waals surface area contributed by atoms with Gasteiger partial charge in [0.05, 0.1) is 24.6 Å². The molecular formula is C25H24N2O5. The predicted molar refractivity (Wildman–Crippen MR) is 120 cm³/mol. The normalized spacial score (nSPS) is 11.5. The molecule has 32 heavy (non-hydrogen) atoms. The van der Waals surface area contributed by atoms with E-state index in [1.165, 1.54) is 18.1 Å². The van der Waals surface area contributed by atoms with E-state index in [1.807, 2.05) is 24.3 Å². The largest absolute Gasteiger partial charge is 0.503 e. The van der Waals surface area contributed by atoms with Crippen LogP contribution in [-0.2, 0) is 0 Å². The molecule has 0 saturated carbocycles. The van der Waals surface area contributed by atoms with Gasteiger partial charge in [0, 0.05) is 22.2 Å². The van der Waals surface area contributed by atoms with E-state index in [0.29, 0.717) is 28.5 Å².